The van der Waals surface area contributed by atoms with Crippen LogP contribution in [-0.2, 0) is 14.3 Å². The summed E-state index contributed by atoms with van der Waals surface area (Å²) in [4.78, 5) is 14.0. The molecule has 6 nitrogen and oxygen atoms in total. The summed E-state index contributed by atoms with van der Waals surface area (Å²) in [5, 5.41) is 8.37. The van der Waals surface area contributed by atoms with Crippen LogP contribution in [0.3, 0.4) is 0 Å². The van der Waals surface area contributed by atoms with Crippen molar-refractivity contribution in [2.24, 2.45) is 10.7 Å². The van der Waals surface area contributed by atoms with Crippen molar-refractivity contribution in [1.82, 2.24) is 0 Å². The molecule has 0 spiro atoms. The molecule has 68 valence electrons. The van der Waals surface area contributed by atoms with Crippen LogP contribution in [0.15, 0.2) is 4.99 Å². The lowest BCUT2D eigenvalue weighted by Crippen LogP contribution is -2.35. The van der Waals surface area contributed by atoms with E-state index in [0.29, 0.717) is 13.2 Å². The van der Waals surface area contributed by atoms with Gasteiger partial charge in [0, 0.05) is 0 Å². The minimum absolute atomic E-state index is 0.117. The lowest BCUT2D eigenvalue weighted by Gasteiger charge is -2.07. The molecule has 0 amide bonds. The molecule has 3 N–H and O–H groups in total. The summed E-state index contributed by atoms with van der Waals surface area (Å²) in [6, 6.07) is -1.03. The van der Waals surface area contributed by atoms with Gasteiger partial charge in [0.05, 0.1) is 6.54 Å². The van der Waals surface area contributed by atoms with Crippen LogP contribution in [0.5, 0.6) is 0 Å². The molecule has 1 aliphatic heterocycles. The Morgan fingerprint density at radius 2 is 2.67 bits per heavy atom. The van der Waals surface area contributed by atoms with Crippen molar-refractivity contribution in [3.8, 4) is 0 Å². The highest BCUT2D eigenvalue weighted by atomic mass is 16.7. The Kier molecular flexibility index (Phi) is 2.87. The number of carbonyl (C=O) groups is 1. The van der Waals surface area contributed by atoms with Crippen LogP contribution in [0.1, 0.15) is 0 Å². The molecule has 1 rings (SSSR count). The Morgan fingerprint density at radius 3 is 3.17 bits per heavy atom. The number of hydrogen-bond acceptors (Lipinski definition) is 5. The van der Waals surface area contributed by atoms with Crippen molar-refractivity contribution in [3.63, 3.8) is 0 Å². The molecule has 0 fully saturated rings. The van der Waals surface area contributed by atoms with Crippen LogP contribution < -0.4 is 5.73 Å². The van der Waals surface area contributed by atoms with Gasteiger partial charge in [-0.2, -0.15) is 0 Å². The van der Waals surface area contributed by atoms with E-state index < -0.39 is 12.0 Å². The smallest absolute Gasteiger partial charge is 0.383 e. The second-order valence-corrected chi connectivity index (χ2v) is 2.25. The molecule has 0 aliphatic carbocycles. The van der Waals surface area contributed by atoms with E-state index in [0.717, 1.165) is 0 Å². The van der Waals surface area contributed by atoms with Crippen LogP contribution in [0.2, 0.25) is 0 Å². The molecule has 0 unspecified atom stereocenters. The van der Waals surface area contributed by atoms with Crippen LogP contribution in [0, 0.1) is 0 Å². The number of rotatable bonds is 3. The van der Waals surface area contributed by atoms with E-state index in [1.807, 2.05) is 0 Å². The van der Waals surface area contributed by atoms with Crippen LogP contribution in [0.4, 0.5) is 0 Å². The first-order chi connectivity index (χ1) is 5.70. The van der Waals surface area contributed by atoms with E-state index in [1.165, 1.54) is 0 Å². The first-order valence-corrected chi connectivity index (χ1v) is 3.48. The predicted molar refractivity (Wildman–Crippen MR) is 39.8 cm³/mol. The van der Waals surface area contributed by atoms with Gasteiger partial charge in [-0.1, -0.05) is 0 Å². The van der Waals surface area contributed by atoms with Crippen LogP contribution in [0.25, 0.3) is 0 Å². The number of hydrogen-bond donors (Lipinski definition) is 2. The van der Waals surface area contributed by atoms with Crippen molar-refractivity contribution >= 4 is 12.1 Å². The van der Waals surface area contributed by atoms with Crippen LogP contribution >= 0.6 is 0 Å². The predicted octanol–water partition coefficient (Wildman–Crippen LogP) is -1.20. The quantitative estimate of drug-likeness (QED) is 0.560. The average molecular weight is 174 g/mol. The van der Waals surface area contributed by atoms with E-state index >= 15 is 0 Å². The molecule has 0 aromatic carbocycles. The molecule has 0 radical (unpaired) electrons. The number of nitrogens with two attached hydrogens (primary N) is 1. The topological polar surface area (TPSA) is 94.1 Å². The third kappa shape index (κ3) is 2.39. The van der Waals surface area contributed by atoms with Gasteiger partial charge in [-0.3, -0.25) is 4.79 Å². The van der Waals surface area contributed by atoms with Gasteiger partial charge in [0.1, 0.15) is 19.3 Å². The largest absolute Gasteiger partial charge is 0.480 e. The minimum atomic E-state index is -1.10. The van der Waals surface area contributed by atoms with Gasteiger partial charge in [-0.15, -0.1) is 0 Å². The van der Waals surface area contributed by atoms with Gasteiger partial charge >= 0.3 is 12.1 Å². The van der Waals surface area contributed by atoms with E-state index in [1.54, 1.807) is 0 Å². The molecule has 0 aromatic rings. The standard InChI is InChI=1S/C6H10N2O4/c7-4(5(9)10)3-12-6-8-1-2-11-6/h4H,1-3,7H2,(H,9,10)/t4-/m0/s1. The summed E-state index contributed by atoms with van der Waals surface area (Å²) in [6.45, 7) is 0.920. The molecule has 6 heteroatoms. The summed E-state index contributed by atoms with van der Waals surface area (Å²) in [6.07, 6.45) is 0.131. The molecular formula is C6H10N2O4. The maximum absolute atomic E-state index is 10.2. The molecule has 1 heterocycles. The van der Waals surface area contributed by atoms with Gasteiger partial charge in [0.25, 0.3) is 0 Å². The van der Waals surface area contributed by atoms with Crippen molar-refractivity contribution in [2.75, 3.05) is 19.8 Å². The maximum atomic E-state index is 10.2. The number of carboxylic acids is 1. The van der Waals surface area contributed by atoms with E-state index in [9.17, 15) is 4.79 Å². The maximum Gasteiger partial charge on any atom is 0.383 e. The van der Waals surface area contributed by atoms with Crippen LogP contribution in [-0.4, -0.2) is 43.0 Å². The third-order valence-corrected chi connectivity index (χ3v) is 1.26. The summed E-state index contributed by atoms with van der Waals surface area (Å²) in [7, 11) is 0. The Bertz CT molecular complexity index is 204. The van der Waals surface area contributed by atoms with Crippen molar-refractivity contribution in [3.05, 3.63) is 0 Å². The number of aliphatic imine (C=N–C) groups is 1. The lowest BCUT2D eigenvalue weighted by atomic mass is 10.3. The zero-order chi connectivity index (χ0) is 8.97. The van der Waals surface area contributed by atoms with Crippen molar-refractivity contribution in [1.29, 1.82) is 0 Å². The molecule has 0 aromatic heterocycles. The average Bonchev–Trinajstić information content (AvgIpc) is 2.51. The SMILES string of the molecule is N[C@@H](COC1=NCCO1)C(=O)O. The Hall–Kier alpha value is -1.30. The molecule has 0 saturated heterocycles. The molecular weight excluding hydrogens is 164 g/mol. The second-order valence-electron chi connectivity index (χ2n) is 2.25. The van der Waals surface area contributed by atoms with E-state index in [2.05, 4.69) is 4.99 Å². The third-order valence-electron chi connectivity index (χ3n) is 1.26. The number of ether oxygens (including phenoxy) is 2. The number of nitrogens with zero attached hydrogens (tertiary/aromatic N) is 1. The van der Waals surface area contributed by atoms with Crippen molar-refractivity contribution < 1.29 is 19.4 Å². The summed E-state index contributed by atoms with van der Waals surface area (Å²) < 4.78 is 9.71. The van der Waals surface area contributed by atoms with Gasteiger partial charge in [-0.25, -0.2) is 4.99 Å². The van der Waals surface area contributed by atoms with Gasteiger partial charge in [-0.05, 0) is 0 Å². The fourth-order valence-corrected chi connectivity index (χ4v) is 0.635. The van der Waals surface area contributed by atoms with Crippen molar-refractivity contribution in [2.45, 2.75) is 6.04 Å². The van der Waals surface area contributed by atoms with E-state index in [4.69, 9.17) is 20.3 Å². The Labute approximate surface area is 69.0 Å². The zero-order valence-corrected chi connectivity index (χ0v) is 6.40. The van der Waals surface area contributed by atoms with Gasteiger partial charge in [0.15, 0.2) is 0 Å². The highest BCUT2D eigenvalue weighted by Crippen LogP contribution is 1.96. The number of carboxylic acid groups (broad SMARTS) is 1. The Morgan fingerprint density at radius 1 is 1.92 bits per heavy atom. The second kappa shape index (κ2) is 3.91. The minimum Gasteiger partial charge on any atom is -0.480 e. The first kappa shape index (κ1) is 8.79. The fraction of sp³-hybridized carbons (Fsp3) is 0.667. The monoisotopic (exact) mass is 174 g/mol. The van der Waals surface area contributed by atoms with Gasteiger partial charge in [0.2, 0.25) is 0 Å². The fourth-order valence-electron chi connectivity index (χ4n) is 0.635. The highest BCUT2D eigenvalue weighted by molar-refractivity contribution is 5.74. The molecule has 1 atom stereocenters. The molecule has 0 bridgehead atoms. The number of aliphatic carboxylic acids is 1. The highest BCUT2D eigenvalue weighted by Gasteiger charge is 2.15. The molecule has 0 saturated carbocycles. The lowest BCUT2D eigenvalue weighted by molar-refractivity contribution is -0.139. The summed E-state index contributed by atoms with van der Waals surface area (Å²) >= 11 is 0. The first-order valence-electron chi connectivity index (χ1n) is 3.48. The van der Waals surface area contributed by atoms with E-state index in [-0.39, 0.29) is 12.7 Å². The summed E-state index contributed by atoms with van der Waals surface area (Å²) in [5.74, 6) is -1.10. The summed E-state index contributed by atoms with van der Waals surface area (Å²) in [5.41, 5.74) is 5.16. The zero-order valence-electron chi connectivity index (χ0n) is 6.40. The normalized spacial score (nSPS) is 17.9. The molecule has 1 aliphatic rings. The Balaban J connectivity index is 2.20. The van der Waals surface area contributed by atoms with Gasteiger partial charge < -0.3 is 20.3 Å². The molecule has 12 heavy (non-hydrogen) atoms.